The molecule has 0 bridgehead atoms. The summed E-state index contributed by atoms with van der Waals surface area (Å²) in [6.07, 6.45) is 7.32. The van der Waals surface area contributed by atoms with Gasteiger partial charge in [-0.15, -0.1) is 11.8 Å². The lowest BCUT2D eigenvalue weighted by atomic mass is 10.3. The zero-order valence-electron chi connectivity index (χ0n) is 10.8. The van der Waals surface area contributed by atoms with E-state index in [2.05, 4.69) is 22.0 Å². The van der Waals surface area contributed by atoms with E-state index in [1.54, 1.807) is 23.9 Å². The van der Waals surface area contributed by atoms with E-state index in [-0.39, 0.29) is 0 Å². The molecule has 1 aromatic carbocycles. The van der Waals surface area contributed by atoms with Crippen LogP contribution in [0.15, 0.2) is 41.4 Å². The summed E-state index contributed by atoms with van der Waals surface area (Å²) < 4.78 is 2.14. The van der Waals surface area contributed by atoms with E-state index in [0.717, 1.165) is 16.3 Å². The summed E-state index contributed by atoms with van der Waals surface area (Å²) in [5, 5.41) is 13.9. The van der Waals surface area contributed by atoms with Gasteiger partial charge in [-0.3, -0.25) is 4.68 Å². The second kappa shape index (κ2) is 5.70. The van der Waals surface area contributed by atoms with Crippen molar-refractivity contribution in [2.45, 2.75) is 42.4 Å². The largest absolute Gasteiger partial charge is 0.508 e. The topological polar surface area (TPSA) is 38.0 Å². The van der Waals surface area contributed by atoms with Gasteiger partial charge in [0.2, 0.25) is 0 Å². The van der Waals surface area contributed by atoms with Gasteiger partial charge in [0.15, 0.2) is 0 Å². The molecule has 0 atom stereocenters. The van der Waals surface area contributed by atoms with Crippen LogP contribution in [0.5, 0.6) is 5.75 Å². The summed E-state index contributed by atoms with van der Waals surface area (Å²) in [7, 11) is 0. The number of aromatic hydroxyl groups is 1. The first-order valence-corrected chi connectivity index (χ1v) is 7.76. The molecule has 100 valence electrons. The third-order valence-electron chi connectivity index (χ3n) is 3.59. The molecular formula is C15H18N2OS. The summed E-state index contributed by atoms with van der Waals surface area (Å²) in [6, 6.07) is 10.1. The Bertz CT molecular complexity index is 529. The Kier molecular flexibility index (Phi) is 3.78. The van der Waals surface area contributed by atoms with Gasteiger partial charge in [0.1, 0.15) is 5.75 Å². The summed E-state index contributed by atoms with van der Waals surface area (Å²) in [4.78, 5) is 1.16. The Labute approximate surface area is 117 Å². The molecule has 1 aromatic heterocycles. The van der Waals surface area contributed by atoms with Crippen molar-refractivity contribution in [1.82, 2.24) is 9.78 Å². The Hall–Kier alpha value is -1.42. The van der Waals surface area contributed by atoms with Crippen LogP contribution < -0.4 is 0 Å². The van der Waals surface area contributed by atoms with Gasteiger partial charge in [-0.2, -0.15) is 5.10 Å². The molecule has 1 N–H and O–H groups in total. The first kappa shape index (κ1) is 12.6. The highest BCUT2D eigenvalue weighted by Gasteiger charge is 2.17. The molecule has 1 heterocycles. The molecule has 0 radical (unpaired) electrons. The van der Waals surface area contributed by atoms with Crippen molar-refractivity contribution in [3.05, 3.63) is 42.2 Å². The smallest absolute Gasteiger partial charge is 0.115 e. The van der Waals surface area contributed by atoms with Crippen LogP contribution in [0, 0.1) is 0 Å². The van der Waals surface area contributed by atoms with Gasteiger partial charge in [0, 0.05) is 16.8 Å². The van der Waals surface area contributed by atoms with E-state index in [9.17, 15) is 5.11 Å². The SMILES string of the molecule is Oc1ccc(SCc2ccn(C3CCCC3)n2)cc1. The molecule has 0 unspecified atom stereocenters. The molecule has 1 aliphatic rings. The number of phenols is 1. The molecule has 0 aliphatic heterocycles. The van der Waals surface area contributed by atoms with Gasteiger partial charge in [-0.25, -0.2) is 0 Å². The quantitative estimate of drug-likeness (QED) is 0.856. The molecule has 3 rings (SSSR count). The average molecular weight is 274 g/mol. The maximum atomic E-state index is 9.24. The highest BCUT2D eigenvalue weighted by Crippen LogP contribution is 2.29. The lowest BCUT2D eigenvalue weighted by molar-refractivity contribution is 0.464. The maximum absolute atomic E-state index is 9.24. The van der Waals surface area contributed by atoms with E-state index < -0.39 is 0 Å². The van der Waals surface area contributed by atoms with Crippen molar-refractivity contribution in [3.8, 4) is 5.75 Å². The first-order valence-electron chi connectivity index (χ1n) is 6.77. The second-order valence-electron chi connectivity index (χ2n) is 5.01. The summed E-state index contributed by atoms with van der Waals surface area (Å²) in [5.74, 6) is 1.19. The molecule has 1 fully saturated rings. The van der Waals surface area contributed by atoms with Crippen LogP contribution in [-0.4, -0.2) is 14.9 Å². The molecule has 4 heteroatoms. The van der Waals surface area contributed by atoms with Crippen molar-refractivity contribution >= 4 is 11.8 Å². The van der Waals surface area contributed by atoms with E-state index >= 15 is 0 Å². The van der Waals surface area contributed by atoms with Gasteiger partial charge in [0.05, 0.1) is 11.7 Å². The number of nitrogens with zero attached hydrogens (tertiary/aromatic N) is 2. The predicted molar refractivity (Wildman–Crippen MR) is 77.4 cm³/mol. The fourth-order valence-electron chi connectivity index (χ4n) is 2.53. The molecule has 0 amide bonds. The minimum Gasteiger partial charge on any atom is -0.508 e. The van der Waals surface area contributed by atoms with Crippen molar-refractivity contribution in [2.75, 3.05) is 0 Å². The second-order valence-corrected chi connectivity index (χ2v) is 6.06. The Morgan fingerprint density at radius 1 is 1.16 bits per heavy atom. The third-order valence-corrected chi connectivity index (χ3v) is 4.63. The maximum Gasteiger partial charge on any atom is 0.115 e. The van der Waals surface area contributed by atoms with Crippen LogP contribution in [0.4, 0.5) is 0 Å². The molecule has 19 heavy (non-hydrogen) atoms. The number of benzene rings is 1. The number of thioether (sulfide) groups is 1. The van der Waals surface area contributed by atoms with Crippen molar-refractivity contribution in [2.24, 2.45) is 0 Å². The summed E-state index contributed by atoms with van der Waals surface area (Å²) in [6.45, 7) is 0. The number of hydrogen-bond acceptors (Lipinski definition) is 3. The molecule has 2 aromatic rings. The zero-order chi connectivity index (χ0) is 13.1. The lowest BCUT2D eigenvalue weighted by Crippen LogP contribution is -2.05. The summed E-state index contributed by atoms with van der Waals surface area (Å²) in [5.41, 5.74) is 1.13. The third kappa shape index (κ3) is 3.13. The van der Waals surface area contributed by atoms with Crippen molar-refractivity contribution in [1.29, 1.82) is 0 Å². The van der Waals surface area contributed by atoms with Gasteiger partial charge in [-0.05, 0) is 43.2 Å². The van der Waals surface area contributed by atoms with E-state index in [1.807, 2.05) is 12.1 Å². The van der Waals surface area contributed by atoms with E-state index in [0.29, 0.717) is 11.8 Å². The van der Waals surface area contributed by atoms with Crippen LogP contribution in [0.1, 0.15) is 37.4 Å². The standard InChI is InChI=1S/C15H18N2OS/c18-14-5-7-15(8-6-14)19-11-12-9-10-17(16-12)13-3-1-2-4-13/h5-10,13,18H,1-4,11H2. The molecule has 3 nitrogen and oxygen atoms in total. The number of hydrogen-bond donors (Lipinski definition) is 1. The highest BCUT2D eigenvalue weighted by molar-refractivity contribution is 7.98. The van der Waals surface area contributed by atoms with Crippen molar-refractivity contribution in [3.63, 3.8) is 0 Å². The van der Waals surface area contributed by atoms with Crippen LogP contribution in [0.25, 0.3) is 0 Å². The van der Waals surface area contributed by atoms with Gasteiger partial charge < -0.3 is 5.11 Å². The minimum absolute atomic E-state index is 0.315. The molecule has 0 spiro atoms. The minimum atomic E-state index is 0.315. The Balaban J connectivity index is 1.59. The lowest BCUT2D eigenvalue weighted by Gasteiger charge is -2.08. The average Bonchev–Trinajstić information content (AvgIpc) is 3.09. The highest BCUT2D eigenvalue weighted by atomic mass is 32.2. The van der Waals surface area contributed by atoms with Crippen LogP contribution in [-0.2, 0) is 5.75 Å². The number of phenolic OH excluding ortho intramolecular Hbond substituents is 1. The predicted octanol–water partition coefficient (Wildman–Crippen LogP) is 4.00. The van der Waals surface area contributed by atoms with E-state index in [1.165, 1.54) is 25.7 Å². The number of aromatic nitrogens is 2. The van der Waals surface area contributed by atoms with Crippen molar-refractivity contribution < 1.29 is 5.11 Å². The summed E-state index contributed by atoms with van der Waals surface area (Å²) >= 11 is 1.75. The van der Waals surface area contributed by atoms with Crippen LogP contribution >= 0.6 is 11.8 Å². The Morgan fingerprint density at radius 2 is 1.89 bits per heavy atom. The monoisotopic (exact) mass is 274 g/mol. The van der Waals surface area contributed by atoms with Crippen LogP contribution in [0.3, 0.4) is 0 Å². The Morgan fingerprint density at radius 3 is 2.63 bits per heavy atom. The number of rotatable bonds is 4. The molecule has 0 saturated heterocycles. The normalized spacial score (nSPS) is 16.0. The molecular weight excluding hydrogens is 256 g/mol. The molecule has 1 saturated carbocycles. The van der Waals surface area contributed by atoms with E-state index in [4.69, 9.17) is 0 Å². The molecule has 1 aliphatic carbocycles. The van der Waals surface area contributed by atoms with Gasteiger partial charge >= 0.3 is 0 Å². The first-order chi connectivity index (χ1) is 9.31. The fourth-order valence-corrected chi connectivity index (χ4v) is 3.32. The van der Waals surface area contributed by atoms with Gasteiger partial charge in [-0.1, -0.05) is 12.8 Å². The van der Waals surface area contributed by atoms with Crippen LogP contribution in [0.2, 0.25) is 0 Å². The fraction of sp³-hybridized carbons (Fsp3) is 0.400. The zero-order valence-corrected chi connectivity index (χ0v) is 11.6. The van der Waals surface area contributed by atoms with Gasteiger partial charge in [0.25, 0.3) is 0 Å².